The average molecular weight is 404 g/mol. The van der Waals surface area contributed by atoms with Gasteiger partial charge in [-0.25, -0.2) is 0 Å². The Labute approximate surface area is 178 Å². The smallest absolute Gasteiger partial charge is 0.257 e. The van der Waals surface area contributed by atoms with E-state index in [-0.39, 0.29) is 5.91 Å². The number of benzene rings is 2. The minimum atomic E-state index is -0.194. The lowest BCUT2D eigenvalue weighted by atomic mass is 10.1. The van der Waals surface area contributed by atoms with Crippen molar-refractivity contribution in [2.24, 2.45) is 12.0 Å². The van der Waals surface area contributed by atoms with Gasteiger partial charge in [0.05, 0.1) is 5.69 Å². The van der Waals surface area contributed by atoms with E-state index in [1.54, 1.807) is 12.1 Å². The Morgan fingerprint density at radius 2 is 1.80 bits per heavy atom. The molecule has 0 saturated heterocycles. The zero-order chi connectivity index (χ0) is 21.7. The van der Waals surface area contributed by atoms with Crippen LogP contribution in [0.15, 0.2) is 53.5 Å². The number of hydrogen-bond acceptors (Lipinski definition) is 3. The molecule has 2 N–H and O–H groups in total. The third kappa shape index (κ3) is 5.14. The van der Waals surface area contributed by atoms with Crippen LogP contribution >= 0.6 is 0 Å². The van der Waals surface area contributed by atoms with Gasteiger partial charge in [0.25, 0.3) is 5.91 Å². The van der Waals surface area contributed by atoms with Gasteiger partial charge >= 0.3 is 0 Å². The van der Waals surface area contributed by atoms with Gasteiger partial charge in [0.2, 0.25) is 5.96 Å². The second-order valence-corrected chi connectivity index (χ2v) is 7.52. The minimum Gasteiger partial charge on any atom is -0.326 e. The molecule has 3 rings (SSSR count). The van der Waals surface area contributed by atoms with E-state index in [0.717, 1.165) is 29.1 Å². The monoisotopic (exact) mass is 403 g/mol. The number of rotatable bonds is 5. The van der Waals surface area contributed by atoms with Gasteiger partial charge < -0.3 is 5.32 Å². The quantitative estimate of drug-likeness (QED) is 0.498. The highest BCUT2D eigenvalue weighted by molar-refractivity contribution is 6.10. The molecule has 0 bridgehead atoms. The van der Waals surface area contributed by atoms with E-state index in [4.69, 9.17) is 0 Å². The second-order valence-electron chi connectivity index (χ2n) is 7.52. The van der Waals surface area contributed by atoms with Gasteiger partial charge in [-0.05, 0) is 63.4 Å². The Morgan fingerprint density at radius 1 is 1.07 bits per heavy atom. The highest BCUT2D eigenvalue weighted by atomic mass is 16.1. The standard InChI is InChI=1S/C24H29N5O/c1-16-11-12-22(17(2)15-16)26-24(27-23(30)20-9-7-6-8-10-20)25-14-13-21-18(3)28-29(5)19(21)4/h6-12,15H,13-14H2,1-5H3,(H2,25,26,27,30). The number of hydrogen-bond donors (Lipinski definition) is 2. The molecule has 0 aliphatic carbocycles. The van der Waals surface area contributed by atoms with Gasteiger partial charge in [-0.2, -0.15) is 5.10 Å². The molecule has 0 saturated carbocycles. The number of aromatic nitrogens is 2. The molecule has 2 aromatic carbocycles. The van der Waals surface area contributed by atoms with Crippen molar-refractivity contribution in [3.63, 3.8) is 0 Å². The number of carbonyl (C=O) groups excluding carboxylic acids is 1. The van der Waals surface area contributed by atoms with E-state index < -0.39 is 0 Å². The van der Waals surface area contributed by atoms with Crippen LogP contribution in [0.5, 0.6) is 0 Å². The maximum absolute atomic E-state index is 12.7. The Balaban J connectivity index is 1.80. The fourth-order valence-corrected chi connectivity index (χ4v) is 3.42. The number of guanidine groups is 1. The third-order valence-electron chi connectivity index (χ3n) is 5.19. The molecule has 0 aliphatic heterocycles. The lowest BCUT2D eigenvalue weighted by molar-refractivity contribution is 0.0977. The Hall–Kier alpha value is -3.41. The van der Waals surface area contributed by atoms with E-state index in [1.807, 2.05) is 55.9 Å². The SMILES string of the molecule is Cc1ccc(NC(=NCCc2c(C)nn(C)c2C)NC(=O)c2ccccc2)c(C)c1. The molecule has 0 unspecified atom stereocenters. The molecule has 6 nitrogen and oxygen atoms in total. The van der Waals surface area contributed by atoms with Gasteiger partial charge in [0.15, 0.2) is 0 Å². The molecular formula is C24H29N5O. The van der Waals surface area contributed by atoms with Gasteiger partial charge in [-0.3, -0.25) is 19.8 Å². The molecule has 0 fully saturated rings. The van der Waals surface area contributed by atoms with Crippen LogP contribution in [0.3, 0.4) is 0 Å². The van der Waals surface area contributed by atoms with E-state index in [9.17, 15) is 4.79 Å². The summed E-state index contributed by atoms with van der Waals surface area (Å²) in [7, 11) is 1.95. The highest BCUT2D eigenvalue weighted by Crippen LogP contribution is 2.16. The lowest BCUT2D eigenvalue weighted by Gasteiger charge is -2.14. The minimum absolute atomic E-state index is 0.194. The fourth-order valence-electron chi connectivity index (χ4n) is 3.42. The van der Waals surface area contributed by atoms with Crippen molar-refractivity contribution in [3.8, 4) is 0 Å². The van der Waals surface area contributed by atoms with Crippen molar-refractivity contribution in [2.45, 2.75) is 34.1 Å². The van der Waals surface area contributed by atoms with Crippen molar-refractivity contribution < 1.29 is 4.79 Å². The van der Waals surface area contributed by atoms with Crippen LogP contribution in [-0.2, 0) is 13.5 Å². The second kappa shape index (κ2) is 9.39. The predicted molar refractivity (Wildman–Crippen MR) is 122 cm³/mol. The van der Waals surface area contributed by atoms with Gasteiger partial charge in [-0.15, -0.1) is 0 Å². The molecule has 0 spiro atoms. The topological polar surface area (TPSA) is 71.3 Å². The molecular weight excluding hydrogens is 374 g/mol. The number of aliphatic imine (C=N–C) groups is 1. The first-order valence-corrected chi connectivity index (χ1v) is 10.1. The molecule has 0 atom stereocenters. The van der Waals surface area contributed by atoms with E-state index >= 15 is 0 Å². The summed E-state index contributed by atoms with van der Waals surface area (Å²) in [6.45, 7) is 8.70. The molecule has 1 amide bonds. The van der Waals surface area contributed by atoms with E-state index in [0.29, 0.717) is 18.1 Å². The summed E-state index contributed by atoms with van der Waals surface area (Å²) in [5.74, 6) is 0.246. The maximum atomic E-state index is 12.7. The lowest BCUT2D eigenvalue weighted by Crippen LogP contribution is -2.36. The van der Waals surface area contributed by atoms with Gasteiger partial charge in [0, 0.05) is 30.5 Å². The molecule has 1 aromatic heterocycles. The summed E-state index contributed by atoms with van der Waals surface area (Å²) in [4.78, 5) is 17.4. The van der Waals surface area contributed by atoms with Crippen molar-refractivity contribution in [2.75, 3.05) is 11.9 Å². The summed E-state index contributed by atoms with van der Waals surface area (Å²) < 4.78 is 1.89. The van der Waals surface area contributed by atoms with Crippen LogP contribution in [0.1, 0.15) is 38.4 Å². The average Bonchev–Trinajstić information content (AvgIpc) is 2.96. The number of amides is 1. The molecule has 1 heterocycles. The highest BCUT2D eigenvalue weighted by Gasteiger charge is 2.12. The number of anilines is 1. The van der Waals surface area contributed by atoms with Crippen molar-refractivity contribution >= 4 is 17.6 Å². The first-order valence-electron chi connectivity index (χ1n) is 10.1. The normalized spacial score (nSPS) is 11.4. The van der Waals surface area contributed by atoms with Crippen LogP contribution in [0.4, 0.5) is 5.69 Å². The number of carbonyl (C=O) groups is 1. The predicted octanol–water partition coefficient (Wildman–Crippen LogP) is 4.09. The summed E-state index contributed by atoms with van der Waals surface area (Å²) in [6, 6.07) is 15.3. The van der Waals surface area contributed by atoms with Crippen LogP contribution < -0.4 is 10.6 Å². The number of nitrogens with one attached hydrogen (secondary N) is 2. The molecule has 30 heavy (non-hydrogen) atoms. The van der Waals surface area contributed by atoms with E-state index in [2.05, 4.69) is 40.6 Å². The Kier molecular flexibility index (Phi) is 6.67. The van der Waals surface area contributed by atoms with Gasteiger partial charge in [0.1, 0.15) is 0 Å². The summed E-state index contributed by atoms with van der Waals surface area (Å²) >= 11 is 0. The first kappa shape index (κ1) is 21.3. The summed E-state index contributed by atoms with van der Waals surface area (Å²) in [5.41, 5.74) is 7.14. The third-order valence-corrected chi connectivity index (χ3v) is 5.19. The molecule has 6 heteroatoms. The molecule has 0 radical (unpaired) electrons. The van der Waals surface area contributed by atoms with Crippen LogP contribution in [0.2, 0.25) is 0 Å². The number of nitrogens with zero attached hydrogens (tertiary/aromatic N) is 3. The zero-order valence-corrected chi connectivity index (χ0v) is 18.3. The molecule has 0 aliphatic rings. The number of aryl methyl sites for hydroxylation is 4. The summed E-state index contributed by atoms with van der Waals surface area (Å²) in [5, 5.41) is 10.7. The largest absolute Gasteiger partial charge is 0.326 e. The Morgan fingerprint density at radius 3 is 2.43 bits per heavy atom. The summed E-state index contributed by atoms with van der Waals surface area (Å²) in [6.07, 6.45) is 0.755. The van der Waals surface area contributed by atoms with E-state index in [1.165, 1.54) is 11.1 Å². The Bertz CT molecular complexity index is 1070. The fraction of sp³-hybridized carbons (Fsp3) is 0.292. The molecule has 3 aromatic rings. The zero-order valence-electron chi connectivity index (χ0n) is 18.3. The van der Waals surface area contributed by atoms with Crippen molar-refractivity contribution in [3.05, 3.63) is 82.2 Å². The van der Waals surface area contributed by atoms with Gasteiger partial charge in [-0.1, -0.05) is 35.9 Å². The first-order chi connectivity index (χ1) is 14.3. The van der Waals surface area contributed by atoms with Crippen molar-refractivity contribution in [1.82, 2.24) is 15.1 Å². The van der Waals surface area contributed by atoms with Crippen molar-refractivity contribution in [1.29, 1.82) is 0 Å². The van der Waals surface area contributed by atoms with Crippen LogP contribution in [0, 0.1) is 27.7 Å². The van der Waals surface area contributed by atoms with Crippen LogP contribution in [-0.4, -0.2) is 28.2 Å². The van der Waals surface area contributed by atoms with Crippen LogP contribution in [0.25, 0.3) is 0 Å². The molecule has 156 valence electrons. The maximum Gasteiger partial charge on any atom is 0.257 e.